The summed E-state index contributed by atoms with van der Waals surface area (Å²) in [6, 6.07) is 18.6. The van der Waals surface area contributed by atoms with Crippen LogP contribution in [0.1, 0.15) is 36.3 Å². The fourth-order valence-corrected chi connectivity index (χ4v) is 4.36. The van der Waals surface area contributed by atoms with Gasteiger partial charge in [-0.25, -0.2) is 0 Å². The molecule has 0 fully saturated rings. The van der Waals surface area contributed by atoms with Gasteiger partial charge in [-0.3, -0.25) is 0 Å². The van der Waals surface area contributed by atoms with Crippen molar-refractivity contribution in [1.29, 1.82) is 5.26 Å². The van der Waals surface area contributed by atoms with Gasteiger partial charge in [0.05, 0.1) is 0 Å². The highest BCUT2D eigenvalue weighted by molar-refractivity contribution is 9.10. The molecule has 1 aliphatic heterocycles. The predicted octanol–water partition coefficient (Wildman–Crippen LogP) is 6.54. The monoisotopic (exact) mass is 496 g/mol. The smallest absolute Gasteiger partial charge is 0.205 e. The molecular weight excluding hydrogens is 480 g/mol. The zero-order valence-electron chi connectivity index (χ0n) is 15.1. The van der Waals surface area contributed by atoms with E-state index in [2.05, 4.69) is 56.1 Å². The van der Waals surface area contributed by atoms with Crippen LogP contribution in [0.4, 0.5) is 0 Å². The fraction of sp³-hybridized carbons (Fsp3) is 0.174. The van der Waals surface area contributed by atoms with E-state index in [9.17, 15) is 5.26 Å². The minimum atomic E-state index is -0.157. The standard InChI is InChI=1S/C23H18Br2N2O/c24-17-8-4-14(5-9-17)12-16-2-1-3-19-21(15-6-10-18(25)11-7-15)20(13-26)23(27)28-22(16)19/h4-12,21H,1-3,27H2. The van der Waals surface area contributed by atoms with Crippen molar-refractivity contribution in [3.8, 4) is 6.07 Å². The number of ether oxygens (including phenoxy) is 1. The van der Waals surface area contributed by atoms with Gasteiger partial charge in [0.25, 0.3) is 0 Å². The summed E-state index contributed by atoms with van der Waals surface area (Å²) in [4.78, 5) is 0. The van der Waals surface area contributed by atoms with Crippen molar-refractivity contribution in [2.24, 2.45) is 5.73 Å². The van der Waals surface area contributed by atoms with E-state index in [0.717, 1.165) is 56.2 Å². The van der Waals surface area contributed by atoms with Gasteiger partial charge in [-0.1, -0.05) is 56.1 Å². The maximum absolute atomic E-state index is 9.75. The maximum Gasteiger partial charge on any atom is 0.205 e. The van der Waals surface area contributed by atoms with Crippen LogP contribution < -0.4 is 5.73 Å². The number of nitrogens with two attached hydrogens (primary N) is 1. The highest BCUT2D eigenvalue weighted by Gasteiger charge is 2.35. The summed E-state index contributed by atoms with van der Waals surface area (Å²) in [5.41, 5.74) is 11.1. The third-order valence-corrected chi connectivity index (χ3v) is 6.18. The lowest BCUT2D eigenvalue weighted by molar-refractivity contribution is 0.277. The first-order chi connectivity index (χ1) is 13.6. The summed E-state index contributed by atoms with van der Waals surface area (Å²) < 4.78 is 8.06. The Morgan fingerprint density at radius 2 is 1.64 bits per heavy atom. The molecular formula is C23H18Br2N2O. The van der Waals surface area contributed by atoms with Gasteiger partial charge in [0.2, 0.25) is 5.88 Å². The summed E-state index contributed by atoms with van der Waals surface area (Å²) in [6.07, 6.45) is 5.00. The van der Waals surface area contributed by atoms with Crippen LogP contribution in [0.15, 0.2) is 85.8 Å². The lowest BCUT2D eigenvalue weighted by Crippen LogP contribution is -2.23. The Hall–Kier alpha value is -2.29. The molecule has 1 atom stereocenters. The Morgan fingerprint density at radius 1 is 1.00 bits per heavy atom. The first kappa shape index (κ1) is 19.0. The third-order valence-electron chi connectivity index (χ3n) is 5.12. The molecule has 1 unspecified atom stereocenters. The molecule has 5 heteroatoms. The summed E-state index contributed by atoms with van der Waals surface area (Å²) in [5, 5.41) is 9.75. The highest BCUT2D eigenvalue weighted by atomic mass is 79.9. The number of nitriles is 1. The van der Waals surface area contributed by atoms with Crippen molar-refractivity contribution in [2.45, 2.75) is 25.2 Å². The maximum atomic E-state index is 9.75. The van der Waals surface area contributed by atoms with Crippen molar-refractivity contribution >= 4 is 37.9 Å². The molecule has 2 aromatic rings. The topological polar surface area (TPSA) is 59.0 Å². The number of benzene rings is 2. The average Bonchev–Trinajstić information content (AvgIpc) is 2.70. The van der Waals surface area contributed by atoms with Crippen LogP contribution in [0, 0.1) is 11.3 Å². The molecule has 3 nitrogen and oxygen atoms in total. The molecule has 28 heavy (non-hydrogen) atoms. The van der Waals surface area contributed by atoms with Gasteiger partial charge in [-0.15, -0.1) is 0 Å². The van der Waals surface area contributed by atoms with Gasteiger partial charge in [-0.05, 0) is 71.9 Å². The summed E-state index contributed by atoms with van der Waals surface area (Å²) >= 11 is 6.96. The van der Waals surface area contributed by atoms with Crippen LogP contribution in [0.25, 0.3) is 6.08 Å². The minimum Gasteiger partial charge on any atom is -0.440 e. The van der Waals surface area contributed by atoms with Gasteiger partial charge in [0, 0.05) is 14.9 Å². The van der Waals surface area contributed by atoms with Crippen LogP contribution in [0.3, 0.4) is 0 Å². The van der Waals surface area contributed by atoms with Crippen molar-refractivity contribution in [3.05, 3.63) is 97.0 Å². The van der Waals surface area contributed by atoms with Crippen LogP contribution in [0.2, 0.25) is 0 Å². The molecule has 0 amide bonds. The van der Waals surface area contributed by atoms with Gasteiger partial charge in [0.15, 0.2) is 0 Å². The number of halogens is 2. The van der Waals surface area contributed by atoms with Gasteiger partial charge in [0.1, 0.15) is 17.4 Å². The normalized spacial score (nSPS) is 20.6. The second kappa shape index (κ2) is 7.98. The lowest BCUT2D eigenvalue weighted by Gasteiger charge is -2.33. The second-order valence-electron chi connectivity index (χ2n) is 6.91. The predicted molar refractivity (Wildman–Crippen MR) is 118 cm³/mol. The zero-order valence-corrected chi connectivity index (χ0v) is 18.3. The van der Waals surface area contributed by atoms with E-state index in [4.69, 9.17) is 10.5 Å². The Kier molecular flexibility index (Phi) is 5.43. The Morgan fingerprint density at radius 3 is 2.29 bits per heavy atom. The molecule has 2 aliphatic rings. The molecule has 0 aromatic heterocycles. The Labute approximate surface area is 181 Å². The van der Waals surface area contributed by atoms with Gasteiger partial charge in [-0.2, -0.15) is 5.26 Å². The SMILES string of the molecule is N#CC1=C(N)OC2=C(CCCC2=Cc2ccc(Br)cc2)C1c1ccc(Br)cc1. The summed E-state index contributed by atoms with van der Waals surface area (Å²) in [5.74, 6) is 0.881. The second-order valence-corrected chi connectivity index (χ2v) is 8.74. The molecule has 2 aromatic carbocycles. The van der Waals surface area contributed by atoms with Crippen LogP contribution in [-0.4, -0.2) is 0 Å². The van der Waals surface area contributed by atoms with Crippen LogP contribution >= 0.6 is 31.9 Å². The first-order valence-electron chi connectivity index (χ1n) is 9.09. The average molecular weight is 498 g/mol. The molecule has 0 spiro atoms. The number of hydrogen-bond donors (Lipinski definition) is 1. The van der Waals surface area contributed by atoms with Crippen molar-refractivity contribution in [2.75, 3.05) is 0 Å². The zero-order chi connectivity index (χ0) is 19.7. The van der Waals surface area contributed by atoms with E-state index in [1.165, 1.54) is 0 Å². The molecule has 0 radical (unpaired) electrons. The first-order valence-corrected chi connectivity index (χ1v) is 10.7. The number of allylic oxidation sites excluding steroid dienone is 3. The molecule has 4 rings (SSSR count). The van der Waals surface area contributed by atoms with Gasteiger partial charge < -0.3 is 10.5 Å². The number of rotatable bonds is 2. The molecule has 0 bridgehead atoms. The van der Waals surface area contributed by atoms with Gasteiger partial charge >= 0.3 is 0 Å². The van der Waals surface area contributed by atoms with Crippen molar-refractivity contribution in [1.82, 2.24) is 0 Å². The van der Waals surface area contributed by atoms with E-state index >= 15 is 0 Å². The third kappa shape index (κ3) is 3.67. The van der Waals surface area contributed by atoms with E-state index in [-0.39, 0.29) is 11.8 Å². The Balaban J connectivity index is 1.82. The van der Waals surface area contributed by atoms with E-state index in [0.29, 0.717) is 5.57 Å². The fourth-order valence-electron chi connectivity index (χ4n) is 3.83. The van der Waals surface area contributed by atoms with Crippen LogP contribution in [-0.2, 0) is 4.74 Å². The molecule has 140 valence electrons. The summed E-state index contributed by atoms with van der Waals surface area (Å²) in [7, 11) is 0. The number of hydrogen-bond acceptors (Lipinski definition) is 3. The van der Waals surface area contributed by atoms with E-state index in [1.54, 1.807) is 0 Å². The molecule has 2 N–H and O–H groups in total. The molecule has 1 aliphatic carbocycles. The Bertz CT molecular complexity index is 1040. The largest absolute Gasteiger partial charge is 0.440 e. The number of nitrogens with zero attached hydrogens (tertiary/aromatic N) is 1. The highest BCUT2D eigenvalue weighted by Crippen LogP contribution is 2.46. The van der Waals surface area contributed by atoms with Crippen molar-refractivity contribution in [3.63, 3.8) is 0 Å². The van der Waals surface area contributed by atoms with E-state index < -0.39 is 0 Å². The lowest BCUT2D eigenvalue weighted by atomic mass is 9.77. The molecule has 0 saturated carbocycles. The minimum absolute atomic E-state index is 0.157. The molecule has 0 saturated heterocycles. The van der Waals surface area contributed by atoms with Crippen molar-refractivity contribution < 1.29 is 4.74 Å². The molecule has 1 heterocycles. The summed E-state index contributed by atoms with van der Waals surface area (Å²) in [6.45, 7) is 0. The van der Waals surface area contributed by atoms with E-state index in [1.807, 2.05) is 36.4 Å². The quantitative estimate of drug-likeness (QED) is 0.512. The van der Waals surface area contributed by atoms with Crippen LogP contribution in [0.5, 0.6) is 0 Å².